The Balaban J connectivity index is 1.09. The normalized spacial score (nSPS) is 12.2. The molecule has 4 aromatic heterocycles. The van der Waals surface area contributed by atoms with Crippen LogP contribution in [-0.4, -0.2) is 0 Å². The van der Waals surface area contributed by atoms with Gasteiger partial charge in [-0.15, -0.1) is 11.3 Å². The van der Waals surface area contributed by atoms with Gasteiger partial charge in [-0.25, -0.2) is 0 Å². The summed E-state index contributed by atoms with van der Waals surface area (Å²) in [6.45, 7) is 0. The van der Waals surface area contributed by atoms with Gasteiger partial charge in [-0.1, -0.05) is 103 Å². The van der Waals surface area contributed by atoms with Gasteiger partial charge in [0.25, 0.3) is 0 Å². The fourth-order valence-electron chi connectivity index (χ4n) is 8.34. The topological polar surface area (TPSA) is 42.7 Å². The maximum Gasteiger partial charge on any atom is 0.159 e. The van der Waals surface area contributed by atoms with Gasteiger partial charge in [-0.05, 0) is 71.8 Å². The summed E-state index contributed by atoms with van der Waals surface area (Å²) in [5, 5.41) is 9.02. The Labute approximate surface area is 306 Å². The minimum Gasteiger partial charge on any atom is -0.455 e. The second-order valence-corrected chi connectivity index (χ2v) is 14.7. The van der Waals surface area contributed by atoms with E-state index in [9.17, 15) is 0 Å². The molecule has 0 aliphatic carbocycles. The summed E-state index contributed by atoms with van der Waals surface area (Å²) in [5.41, 5.74) is 10.4. The molecule has 0 aliphatic heterocycles. The van der Waals surface area contributed by atoms with Gasteiger partial charge in [0.1, 0.15) is 22.3 Å². The third-order valence-corrected chi connectivity index (χ3v) is 11.8. The number of hydrogen-bond donors (Lipinski definition) is 0. The lowest BCUT2D eigenvalue weighted by atomic mass is 9.98. The number of anilines is 3. The van der Waals surface area contributed by atoms with Crippen molar-refractivity contribution in [3.8, 4) is 11.1 Å². The number of rotatable bonds is 4. The van der Waals surface area contributed by atoms with Gasteiger partial charge in [-0.2, -0.15) is 0 Å². The Bertz CT molecular complexity index is 3300. The first kappa shape index (κ1) is 28.8. The quantitative estimate of drug-likeness (QED) is 0.184. The minimum absolute atomic E-state index is 0.829. The molecule has 0 fully saturated rings. The molecule has 0 aliphatic rings. The van der Waals surface area contributed by atoms with Crippen molar-refractivity contribution in [2.45, 2.75) is 0 Å². The van der Waals surface area contributed by atoms with E-state index in [4.69, 9.17) is 13.3 Å². The molecule has 0 amide bonds. The molecule has 12 rings (SSSR count). The lowest BCUT2D eigenvalue weighted by Gasteiger charge is -2.25. The smallest absolute Gasteiger partial charge is 0.159 e. The second-order valence-electron chi connectivity index (χ2n) is 13.6. The van der Waals surface area contributed by atoms with E-state index in [0.29, 0.717) is 0 Å². The van der Waals surface area contributed by atoms with Crippen LogP contribution in [0.5, 0.6) is 0 Å². The summed E-state index contributed by atoms with van der Waals surface area (Å²) in [5.74, 6) is 0. The third kappa shape index (κ3) is 4.11. The third-order valence-electron chi connectivity index (χ3n) is 10.7. The summed E-state index contributed by atoms with van der Waals surface area (Å²) in [6, 6.07) is 57.5. The first-order chi connectivity index (χ1) is 26.3. The van der Waals surface area contributed by atoms with Crippen LogP contribution >= 0.6 is 11.3 Å². The molecule has 0 unspecified atom stereocenters. The maximum atomic E-state index is 6.63. The molecule has 0 bridgehead atoms. The Morgan fingerprint density at radius 2 is 0.849 bits per heavy atom. The number of fused-ring (bicyclic) bond motifs is 13. The number of thiophene rings is 1. The molecule has 12 aromatic rings. The van der Waals surface area contributed by atoms with Crippen molar-refractivity contribution in [1.82, 2.24) is 0 Å². The van der Waals surface area contributed by atoms with E-state index in [2.05, 4.69) is 138 Å². The molecular formula is C48H27NO3S. The zero-order valence-corrected chi connectivity index (χ0v) is 29.0. The molecule has 0 radical (unpaired) electrons. The maximum absolute atomic E-state index is 6.63. The standard InChI is InChI=1S/C48H27NO3S/c1-4-18-39-31(10-1)34-14-7-16-37(46(34)50-39)49(38-17-8-15-35-32-11-2-5-19-40(32)51-47(35)38)29-24-22-28(23-25-29)30-13-9-21-42-44(30)45-43(53-42)27-26-36-33-12-3-6-20-41(33)52-48(36)45/h1-27H. The highest BCUT2D eigenvalue weighted by atomic mass is 32.1. The number of furan rings is 3. The van der Waals surface area contributed by atoms with Gasteiger partial charge in [0.05, 0.1) is 11.4 Å². The highest BCUT2D eigenvalue weighted by Gasteiger charge is 2.24. The molecule has 0 saturated carbocycles. The van der Waals surface area contributed by atoms with Gasteiger partial charge in [0.15, 0.2) is 11.2 Å². The van der Waals surface area contributed by atoms with Gasteiger partial charge < -0.3 is 18.2 Å². The van der Waals surface area contributed by atoms with Crippen LogP contribution in [0.2, 0.25) is 0 Å². The molecule has 4 heterocycles. The molecule has 248 valence electrons. The van der Waals surface area contributed by atoms with Gasteiger partial charge in [0.2, 0.25) is 0 Å². The summed E-state index contributed by atoms with van der Waals surface area (Å²) in [7, 11) is 0. The Hall–Kier alpha value is -6.82. The molecule has 8 aromatic carbocycles. The van der Waals surface area contributed by atoms with Crippen molar-refractivity contribution >= 4 is 114 Å². The Morgan fingerprint density at radius 1 is 0.358 bits per heavy atom. The summed E-state index contributed by atoms with van der Waals surface area (Å²) < 4.78 is 22.3. The van der Waals surface area contributed by atoms with Crippen molar-refractivity contribution < 1.29 is 13.3 Å². The first-order valence-electron chi connectivity index (χ1n) is 17.7. The lowest BCUT2D eigenvalue weighted by molar-refractivity contribution is 0.666. The van der Waals surface area contributed by atoms with Crippen molar-refractivity contribution in [3.63, 3.8) is 0 Å². The molecule has 53 heavy (non-hydrogen) atoms. The predicted molar refractivity (Wildman–Crippen MR) is 221 cm³/mol. The second kappa shape index (κ2) is 10.8. The molecule has 5 heteroatoms. The van der Waals surface area contributed by atoms with Gasteiger partial charge in [-0.3, -0.25) is 0 Å². The van der Waals surface area contributed by atoms with Crippen LogP contribution in [-0.2, 0) is 0 Å². The Kier molecular flexibility index (Phi) is 5.90. The molecule has 0 N–H and O–H groups in total. The average molecular weight is 698 g/mol. The highest BCUT2D eigenvalue weighted by Crippen LogP contribution is 2.48. The van der Waals surface area contributed by atoms with E-state index < -0.39 is 0 Å². The SMILES string of the molecule is c1ccc2c(c1)oc1c(N(c3ccc(-c4cccc5sc6ccc7c8ccccc8oc7c6c45)cc3)c3cccc4c3oc3ccccc34)cccc12. The zero-order chi connectivity index (χ0) is 34.6. The van der Waals surface area contributed by atoms with E-state index in [1.165, 1.54) is 25.7 Å². The van der Waals surface area contributed by atoms with Crippen LogP contribution < -0.4 is 4.90 Å². The fourth-order valence-corrected chi connectivity index (χ4v) is 9.47. The van der Waals surface area contributed by atoms with E-state index in [0.717, 1.165) is 88.4 Å². The van der Waals surface area contributed by atoms with Crippen LogP contribution in [0.25, 0.3) is 97.1 Å². The van der Waals surface area contributed by atoms with Crippen LogP contribution in [0.15, 0.2) is 177 Å². The molecular weight excluding hydrogens is 671 g/mol. The molecule has 0 saturated heterocycles. The lowest BCUT2D eigenvalue weighted by Crippen LogP contribution is -2.10. The summed E-state index contributed by atoms with van der Waals surface area (Å²) in [6.07, 6.45) is 0. The number of nitrogens with zero attached hydrogens (tertiary/aromatic N) is 1. The predicted octanol–water partition coefficient (Wildman–Crippen LogP) is 14.9. The molecule has 0 spiro atoms. The zero-order valence-electron chi connectivity index (χ0n) is 28.2. The number of benzene rings is 8. The van der Waals surface area contributed by atoms with Gasteiger partial charge >= 0.3 is 0 Å². The Morgan fingerprint density at radius 3 is 1.45 bits per heavy atom. The van der Waals surface area contributed by atoms with Crippen LogP contribution in [0.3, 0.4) is 0 Å². The van der Waals surface area contributed by atoms with E-state index in [1.54, 1.807) is 0 Å². The van der Waals surface area contributed by atoms with Crippen LogP contribution in [0.4, 0.5) is 17.1 Å². The minimum atomic E-state index is 0.829. The number of hydrogen-bond acceptors (Lipinski definition) is 5. The van der Waals surface area contributed by atoms with Crippen molar-refractivity contribution in [2.75, 3.05) is 4.90 Å². The number of para-hydroxylation sites is 5. The van der Waals surface area contributed by atoms with Crippen molar-refractivity contribution in [1.29, 1.82) is 0 Å². The molecule has 4 nitrogen and oxygen atoms in total. The first-order valence-corrected chi connectivity index (χ1v) is 18.6. The average Bonchev–Trinajstić information content (AvgIpc) is 3.98. The van der Waals surface area contributed by atoms with E-state index in [1.807, 2.05) is 41.7 Å². The van der Waals surface area contributed by atoms with Crippen LogP contribution in [0.1, 0.15) is 0 Å². The van der Waals surface area contributed by atoms with Crippen LogP contribution in [0, 0.1) is 0 Å². The monoisotopic (exact) mass is 697 g/mol. The largest absolute Gasteiger partial charge is 0.455 e. The van der Waals surface area contributed by atoms with E-state index in [-0.39, 0.29) is 0 Å². The van der Waals surface area contributed by atoms with Gasteiger partial charge in [0, 0.05) is 58.2 Å². The van der Waals surface area contributed by atoms with Crippen molar-refractivity contribution in [3.05, 3.63) is 164 Å². The fraction of sp³-hybridized carbons (Fsp3) is 0. The van der Waals surface area contributed by atoms with Crippen molar-refractivity contribution in [2.24, 2.45) is 0 Å². The highest BCUT2D eigenvalue weighted by molar-refractivity contribution is 7.26. The summed E-state index contributed by atoms with van der Waals surface area (Å²) in [4.78, 5) is 2.28. The summed E-state index contributed by atoms with van der Waals surface area (Å²) >= 11 is 1.81. The van der Waals surface area contributed by atoms with E-state index >= 15 is 0 Å². The molecule has 0 atom stereocenters.